The molecule has 1 heterocycles. The van der Waals surface area contributed by atoms with E-state index >= 15 is 0 Å². The fraction of sp³-hybridized carbons (Fsp3) is 0.300. The monoisotopic (exact) mass is 176 g/mol. The van der Waals surface area contributed by atoms with Crippen molar-refractivity contribution >= 4 is 11.6 Å². The fourth-order valence-corrected chi connectivity index (χ4v) is 1.65. The topological polar surface area (TPSA) is 55.1 Å². The molecule has 0 fully saturated rings. The second-order valence-corrected chi connectivity index (χ2v) is 3.49. The van der Waals surface area contributed by atoms with Gasteiger partial charge in [-0.05, 0) is 37.1 Å². The van der Waals surface area contributed by atoms with Crippen LogP contribution in [0, 0.1) is 6.92 Å². The highest BCUT2D eigenvalue weighted by Gasteiger charge is 2.25. The summed E-state index contributed by atoms with van der Waals surface area (Å²) in [7, 11) is 0. The van der Waals surface area contributed by atoms with Crippen LogP contribution in [-0.4, -0.2) is 5.91 Å². The van der Waals surface area contributed by atoms with Gasteiger partial charge in [0.15, 0.2) is 0 Å². The molecule has 1 amide bonds. The van der Waals surface area contributed by atoms with Gasteiger partial charge in [-0.3, -0.25) is 4.79 Å². The van der Waals surface area contributed by atoms with Crippen LogP contribution in [0.1, 0.15) is 34.5 Å². The molecule has 0 aliphatic carbocycles. The molecule has 1 aliphatic heterocycles. The lowest BCUT2D eigenvalue weighted by Gasteiger charge is -2.05. The fourth-order valence-electron chi connectivity index (χ4n) is 1.65. The van der Waals surface area contributed by atoms with Gasteiger partial charge in [0.25, 0.3) is 5.91 Å². The zero-order chi connectivity index (χ0) is 9.59. The Balaban J connectivity index is 2.65. The molecule has 0 aromatic heterocycles. The number of hydrogen-bond acceptors (Lipinski definition) is 2. The molecule has 1 aromatic carbocycles. The van der Waals surface area contributed by atoms with Crippen LogP contribution in [0.25, 0.3) is 0 Å². The maximum Gasteiger partial charge on any atom is 0.252 e. The minimum Gasteiger partial charge on any atom is -0.399 e. The Hall–Kier alpha value is -1.51. The van der Waals surface area contributed by atoms with Gasteiger partial charge in [0.2, 0.25) is 0 Å². The van der Waals surface area contributed by atoms with Crippen molar-refractivity contribution in [3.05, 3.63) is 28.8 Å². The van der Waals surface area contributed by atoms with Crippen molar-refractivity contribution in [3.8, 4) is 0 Å². The van der Waals surface area contributed by atoms with Crippen LogP contribution >= 0.6 is 0 Å². The largest absolute Gasteiger partial charge is 0.399 e. The van der Waals surface area contributed by atoms with E-state index in [1.807, 2.05) is 26.0 Å². The lowest BCUT2D eigenvalue weighted by Crippen LogP contribution is -2.16. The van der Waals surface area contributed by atoms with Crippen LogP contribution in [0.4, 0.5) is 5.69 Å². The summed E-state index contributed by atoms with van der Waals surface area (Å²) < 4.78 is 0. The smallest absolute Gasteiger partial charge is 0.252 e. The summed E-state index contributed by atoms with van der Waals surface area (Å²) in [5.74, 6) is 0.00519. The second-order valence-electron chi connectivity index (χ2n) is 3.49. The SMILES string of the molecule is Cc1cc2c(cc1N)C(C)NC2=O. The van der Waals surface area contributed by atoms with Crippen LogP contribution in [0.15, 0.2) is 12.1 Å². The third-order valence-corrected chi connectivity index (χ3v) is 2.50. The number of amides is 1. The predicted molar refractivity (Wildman–Crippen MR) is 51.5 cm³/mol. The number of carbonyl (C=O) groups excluding carboxylic acids is 1. The molecule has 0 radical (unpaired) electrons. The normalized spacial score (nSPS) is 19.8. The van der Waals surface area contributed by atoms with Crippen LogP contribution in [0.2, 0.25) is 0 Å². The van der Waals surface area contributed by atoms with Gasteiger partial charge in [0, 0.05) is 11.3 Å². The number of hydrogen-bond donors (Lipinski definition) is 2. The number of carbonyl (C=O) groups is 1. The zero-order valence-corrected chi connectivity index (χ0v) is 7.72. The Morgan fingerprint density at radius 2 is 2.15 bits per heavy atom. The summed E-state index contributed by atoms with van der Waals surface area (Å²) in [4.78, 5) is 11.4. The predicted octanol–water partition coefficient (Wildman–Crippen LogP) is 1.38. The number of nitrogens with two attached hydrogens (primary N) is 1. The third-order valence-electron chi connectivity index (χ3n) is 2.50. The van der Waals surface area contributed by atoms with E-state index in [1.54, 1.807) is 0 Å². The van der Waals surface area contributed by atoms with Gasteiger partial charge in [-0.15, -0.1) is 0 Å². The molecule has 1 aliphatic rings. The van der Waals surface area contributed by atoms with Gasteiger partial charge in [0.05, 0.1) is 6.04 Å². The zero-order valence-electron chi connectivity index (χ0n) is 7.72. The maximum atomic E-state index is 11.4. The van der Waals surface area contributed by atoms with Crippen LogP contribution < -0.4 is 11.1 Å². The number of fused-ring (bicyclic) bond motifs is 1. The molecule has 3 heteroatoms. The Bertz CT molecular complexity index is 385. The van der Waals surface area contributed by atoms with Crippen molar-refractivity contribution in [1.29, 1.82) is 0 Å². The number of nitrogen functional groups attached to an aromatic ring is 1. The Labute approximate surface area is 76.9 Å². The molecule has 0 saturated carbocycles. The number of aryl methyl sites for hydroxylation is 1. The molecule has 0 saturated heterocycles. The highest BCUT2D eigenvalue weighted by Crippen LogP contribution is 2.28. The van der Waals surface area contributed by atoms with Gasteiger partial charge in [-0.25, -0.2) is 0 Å². The highest BCUT2D eigenvalue weighted by molar-refractivity contribution is 5.99. The van der Waals surface area contributed by atoms with Crippen molar-refractivity contribution in [2.24, 2.45) is 0 Å². The summed E-state index contributed by atoms with van der Waals surface area (Å²) in [6.07, 6.45) is 0. The van der Waals surface area contributed by atoms with E-state index < -0.39 is 0 Å². The standard InChI is InChI=1S/C10H12N2O/c1-5-3-8-7(4-9(5)11)6(2)12-10(8)13/h3-4,6H,11H2,1-2H3,(H,12,13). The van der Waals surface area contributed by atoms with Gasteiger partial charge >= 0.3 is 0 Å². The number of anilines is 1. The van der Waals surface area contributed by atoms with E-state index in [2.05, 4.69) is 5.32 Å². The van der Waals surface area contributed by atoms with Crippen molar-refractivity contribution in [2.75, 3.05) is 5.73 Å². The molecule has 68 valence electrons. The molecule has 1 atom stereocenters. The molecule has 0 spiro atoms. The first-order valence-corrected chi connectivity index (χ1v) is 4.30. The van der Waals surface area contributed by atoms with E-state index in [4.69, 9.17) is 5.73 Å². The van der Waals surface area contributed by atoms with E-state index in [1.165, 1.54) is 0 Å². The van der Waals surface area contributed by atoms with Crippen LogP contribution in [0.3, 0.4) is 0 Å². The molecular weight excluding hydrogens is 164 g/mol. The minimum atomic E-state index is 0.00519. The quantitative estimate of drug-likeness (QED) is 0.587. The molecular formula is C10H12N2O. The first-order valence-electron chi connectivity index (χ1n) is 4.30. The first kappa shape index (κ1) is 8.10. The molecule has 0 bridgehead atoms. The van der Waals surface area contributed by atoms with Crippen LogP contribution in [0.5, 0.6) is 0 Å². The van der Waals surface area contributed by atoms with E-state index in [-0.39, 0.29) is 11.9 Å². The van der Waals surface area contributed by atoms with E-state index in [0.717, 1.165) is 22.4 Å². The summed E-state index contributed by atoms with van der Waals surface area (Å²) >= 11 is 0. The molecule has 3 N–H and O–H groups in total. The van der Waals surface area contributed by atoms with E-state index in [9.17, 15) is 4.79 Å². The summed E-state index contributed by atoms with van der Waals surface area (Å²) in [5, 5.41) is 2.84. The van der Waals surface area contributed by atoms with Crippen molar-refractivity contribution in [2.45, 2.75) is 19.9 Å². The minimum absolute atomic E-state index is 0.00519. The first-order chi connectivity index (χ1) is 6.09. The van der Waals surface area contributed by atoms with Gasteiger partial charge in [0.1, 0.15) is 0 Å². The second kappa shape index (κ2) is 2.49. The van der Waals surface area contributed by atoms with Crippen LogP contribution in [-0.2, 0) is 0 Å². The summed E-state index contributed by atoms with van der Waals surface area (Å²) in [5.41, 5.74) is 9.25. The average molecular weight is 176 g/mol. The van der Waals surface area contributed by atoms with Crippen molar-refractivity contribution in [1.82, 2.24) is 5.32 Å². The lowest BCUT2D eigenvalue weighted by molar-refractivity contribution is 0.0958. The number of rotatable bonds is 0. The average Bonchev–Trinajstić information content (AvgIpc) is 2.31. The maximum absolute atomic E-state index is 11.4. The van der Waals surface area contributed by atoms with Crippen molar-refractivity contribution < 1.29 is 4.79 Å². The Kier molecular flexibility index (Phi) is 1.55. The number of nitrogens with one attached hydrogen (secondary N) is 1. The Morgan fingerprint density at radius 3 is 2.85 bits per heavy atom. The summed E-state index contributed by atoms with van der Waals surface area (Å²) in [6.45, 7) is 3.87. The highest BCUT2D eigenvalue weighted by atomic mass is 16.2. The van der Waals surface area contributed by atoms with Crippen molar-refractivity contribution in [3.63, 3.8) is 0 Å². The molecule has 13 heavy (non-hydrogen) atoms. The third kappa shape index (κ3) is 1.08. The number of benzene rings is 1. The summed E-state index contributed by atoms with van der Waals surface area (Å²) in [6, 6.07) is 3.82. The molecule has 2 rings (SSSR count). The van der Waals surface area contributed by atoms with Gasteiger partial charge in [-0.2, -0.15) is 0 Å². The van der Waals surface area contributed by atoms with Gasteiger partial charge in [-0.1, -0.05) is 0 Å². The van der Waals surface area contributed by atoms with Gasteiger partial charge < -0.3 is 11.1 Å². The Morgan fingerprint density at radius 1 is 1.46 bits per heavy atom. The molecule has 1 unspecified atom stereocenters. The van der Waals surface area contributed by atoms with E-state index in [0.29, 0.717) is 0 Å². The molecule has 1 aromatic rings. The molecule has 3 nitrogen and oxygen atoms in total. The lowest BCUT2D eigenvalue weighted by atomic mass is 10.0.